The second-order valence-corrected chi connectivity index (χ2v) is 7.09. The first-order valence-electron chi connectivity index (χ1n) is 8.21. The van der Waals surface area contributed by atoms with Gasteiger partial charge in [0.2, 0.25) is 0 Å². The number of aromatic nitrogens is 2. The lowest BCUT2D eigenvalue weighted by Gasteiger charge is -2.09. The minimum absolute atomic E-state index is 0.0479. The first-order valence-corrected chi connectivity index (χ1v) is 9.03. The predicted octanol–water partition coefficient (Wildman–Crippen LogP) is 4.35. The van der Waals surface area contributed by atoms with Gasteiger partial charge < -0.3 is 0 Å². The largest absolute Gasteiger partial charge is 0.292 e. The Morgan fingerprint density at radius 1 is 1.12 bits per heavy atom. The maximum Gasteiger partial charge on any atom is 0.262 e. The number of nitrogens with zero attached hydrogens (tertiary/aromatic N) is 3. The molecule has 0 saturated carbocycles. The lowest BCUT2D eigenvalue weighted by atomic mass is 10.1. The zero-order chi connectivity index (χ0) is 18.1. The normalized spacial score (nSPS) is 10.8. The molecule has 4 rings (SSSR count). The fraction of sp³-hybridized carbons (Fsp3) is 0.0952. The molecule has 0 aliphatic heterocycles. The molecule has 4 aromatic rings. The number of fused-ring (bicyclic) bond motifs is 1. The van der Waals surface area contributed by atoms with E-state index in [-0.39, 0.29) is 5.56 Å². The molecular formula is C21H15N3OS. The van der Waals surface area contributed by atoms with E-state index in [1.807, 2.05) is 55.5 Å². The Labute approximate surface area is 154 Å². The van der Waals surface area contributed by atoms with Gasteiger partial charge in [-0.2, -0.15) is 5.26 Å². The van der Waals surface area contributed by atoms with Crippen LogP contribution in [0.3, 0.4) is 0 Å². The van der Waals surface area contributed by atoms with Crippen molar-refractivity contribution in [1.82, 2.24) is 9.55 Å². The summed E-state index contributed by atoms with van der Waals surface area (Å²) < 4.78 is 1.67. The predicted molar refractivity (Wildman–Crippen MR) is 104 cm³/mol. The van der Waals surface area contributed by atoms with E-state index in [4.69, 9.17) is 5.26 Å². The van der Waals surface area contributed by atoms with Crippen molar-refractivity contribution in [2.24, 2.45) is 0 Å². The number of thiophene rings is 1. The van der Waals surface area contributed by atoms with Crippen molar-refractivity contribution in [1.29, 1.82) is 5.26 Å². The summed E-state index contributed by atoms with van der Waals surface area (Å²) in [5.74, 6) is 0.673. The van der Waals surface area contributed by atoms with Crippen molar-refractivity contribution in [3.63, 3.8) is 0 Å². The highest BCUT2D eigenvalue weighted by atomic mass is 32.1. The van der Waals surface area contributed by atoms with Gasteiger partial charge >= 0.3 is 0 Å². The molecule has 0 radical (unpaired) electrons. The van der Waals surface area contributed by atoms with Crippen molar-refractivity contribution in [2.45, 2.75) is 13.5 Å². The molecule has 2 heterocycles. The van der Waals surface area contributed by atoms with Crippen LogP contribution in [0.25, 0.3) is 20.7 Å². The van der Waals surface area contributed by atoms with Crippen molar-refractivity contribution >= 4 is 21.6 Å². The van der Waals surface area contributed by atoms with Crippen molar-refractivity contribution in [3.8, 4) is 16.5 Å². The van der Waals surface area contributed by atoms with Gasteiger partial charge in [-0.15, -0.1) is 11.3 Å². The van der Waals surface area contributed by atoms with E-state index >= 15 is 0 Å². The van der Waals surface area contributed by atoms with E-state index in [1.54, 1.807) is 16.7 Å². The number of nitriles is 1. The average Bonchev–Trinajstić information content (AvgIpc) is 3.10. The van der Waals surface area contributed by atoms with Crippen LogP contribution in [0.5, 0.6) is 0 Å². The molecule has 0 saturated heterocycles. The number of hydrogen-bond donors (Lipinski definition) is 0. The van der Waals surface area contributed by atoms with E-state index in [0.717, 1.165) is 20.8 Å². The van der Waals surface area contributed by atoms with Crippen molar-refractivity contribution in [3.05, 3.63) is 88.0 Å². The van der Waals surface area contributed by atoms with Crippen LogP contribution >= 0.6 is 11.3 Å². The topological polar surface area (TPSA) is 58.7 Å². The molecule has 0 unspecified atom stereocenters. The molecule has 2 aromatic heterocycles. The van der Waals surface area contributed by atoms with Crippen LogP contribution in [0.4, 0.5) is 0 Å². The minimum atomic E-state index is -0.0479. The quantitative estimate of drug-likeness (QED) is 0.547. The van der Waals surface area contributed by atoms with Crippen LogP contribution in [0.1, 0.15) is 17.0 Å². The van der Waals surface area contributed by atoms with Gasteiger partial charge in [-0.1, -0.05) is 42.5 Å². The van der Waals surface area contributed by atoms with Crippen molar-refractivity contribution in [2.75, 3.05) is 0 Å². The standard InChI is InChI=1S/C21H15N3OS/c1-14-23-20-18(11-19(26-20)17-8-3-2-4-9-17)21(25)24(14)13-16-7-5-6-15(10-16)12-22/h2-11H,13H2,1H3. The second kappa shape index (κ2) is 6.58. The van der Waals surface area contributed by atoms with Gasteiger partial charge in [0, 0.05) is 4.88 Å². The second-order valence-electron chi connectivity index (χ2n) is 6.06. The van der Waals surface area contributed by atoms with Crippen LogP contribution in [0.15, 0.2) is 65.5 Å². The summed E-state index contributed by atoms with van der Waals surface area (Å²) in [6.07, 6.45) is 0. The summed E-state index contributed by atoms with van der Waals surface area (Å²) in [5.41, 5.74) is 2.53. The first-order chi connectivity index (χ1) is 12.7. The van der Waals surface area contributed by atoms with Gasteiger partial charge in [-0.3, -0.25) is 9.36 Å². The number of benzene rings is 2. The lowest BCUT2D eigenvalue weighted by Crippen LogP contribution is -2.23. The molecule has 0 spiro atoms. The Morgan fingerprint density at radius 3 is 2.69 bits per heavy atom. The van der Waals surface area contributed by atoms with Gasteiger partial charge in [-0.25, -0.2) is 4.98 Å². The first kappa shape index (κ1) is 16.2. The Bertz CT molecular complexity index is 1200. The van der Waals surface area contributed by atoms with Gasteiger partial charge in [-0.05, 0) is 36.2 Å². The van der Waals surface area contributed by atoms with E-state index in [1.165, 1.54) is 11.3 Å². The highest BCUT2D eigenvalue weighted by Gasteiger charge is 2.13. The summed E-state index contributed by atoms with van der Waals surface area (Å²) in [5, 5.41) is 9.70. The SMILES string of the molecule is Cc1nc2sc(-c3ccccc3)cc2c(=O)n1Cc1cccc(C#N)c1. The molecule has 4 nitrogen and oxygen atoms in total. The zero-order valence-electron chi connectivity index (χ0n) is 14.1. The van der Waals surface area contributed by atoms with Crippen LogP contribution in [-0.2, 0) is 6.54 Å². The third kappa shape index (κ3) is 2.92. The van der Waals surface area contributed by atoms with E-state index in [2.05, 4.69) is 11.1 Å². The maximum absolute atomic E-state index is 13.0. The molecule has 0 aliphatic carbocycles. The van der Waals surface area contributed by atoms with Gasteiger partial charge in [0.05, 0.1) is 23.6 Å². The number of rotatable bonds is 3. The van der Waals surface area contributed by atoms with Crippen LogP contribution < -0.4 is 5.56 Å². The van der Waals surface area contributed by atoms with Crippen molar-refractivity contribution < 1.29 is 0 Å². The summed E-state index contributed by atoms with van der Waals surface area (Å²) in [6.45, 7) is 2.25. The molecule has 0 amide bonds. The zero-order valence-corrected chi connectivity index (χ0v) is 15.0. The summed E-state index contributed by atoms with van der Waals surface area (Å²) in [6, 6.07) is 21.4. The molecule has 0 bridgehead atoms. The molecule has 0 fully saturated rings. The Hall–Kier alpha value is -3.23. The fourth-order valence-electron chi connectivity index (χ4n) is 2.97. The lowest BCUT2D eigenvalue weighted by molar-refractivity contribution is 0.713. The van der Waals surface area contributed by atoms with E-state index in [0.29, 0.717) is 23.3 Å². The summed E-state index contributed by atoms with van der Waals surface area (Å²) in [4.78, 5) is 19.4. The smallest absolute Gasteiger partial charge is 0.262 e. The maximum atomic E-state index is 13.0. The summed E-state index contributed by atoms with van der Waals surface area (Å²) >= 11 is 1.53. The molecule has 126 valence electrons. The highest BCUT2D eigenvalue weighted by Crippen LogP contribution is 2.31. The summed E-state index contributed by atoms with van der Waals surface area (Å²) in [7, 11) is 0. The molecule has 0 N–H and O–H groups in total. The van der Waals surface area contributed by atoms with Gasteiger partial charge in [0.15, 0.2) is 0 Å². The van der Waals surface area contributed by atoms with Crippen LogP contribution in [0, 0.1) is 18.3 Å². The van der Waals surface area contributed by atoms with E-state index in [9.17, 15) is 4.79 Å². The molecule has 26 heavy (non-hydrogen) atoms. The number of aryl methyl sites for hydroxylation is 1. The minimum Gasteiger partial charge on any atom is -0.292 e. The third-order valence-corrected chi connectivity index (χ3v) is 5.38. The molecule has 5 heteroatoms. The Balaban J connectivity index is 1.81. The Morgan fingerprint density at radius 2 is 1.92 bits per heavy atom. The molecule has 2 aromatic carbocycles. The van der Waals surface area contributed by atoms with Crippen LogP contribution in [0.2, 0.25) is 0 Å². The molecule has 0 aliphatic rings. The molecule has 0 atom stereocenters. The van der Waals surface area contributed by atoms with Gasteiger partial charge in [0.25, 0.3) is 5.56 Å². The van der Waals surface area contributed by atoms with Gasteiger partial charge in [0.1, 0.15) is 10.7 Å². The monoisotopic (exact) mass is 357 g/mol. The third-order valence-electron chi connectivity index (χ3n) is 4.30. The fourth-order valence-corrected chi connectivity index (χ4v) is 4.04. The Kier molecular flexibility index (Phi) is 4.11. The average molecular weight is 357 g/mol. The van der Waals surface area contributed by atoms with E-state index < -0.39 is 0 Å². The van der Waals surface area contributed by atoms with Crippen LogP contribution in [-0.4, -0.2) is 9.55 Å². The highest BCUT2D eigenvalue weighted by molar-refractivity contribution is 7.21. The number of hydrogen-bond acceptors (Lipinski definition) is 4. The molecular weight excluding hydrogens is 342 g/mol.